The Hall–Kier alpha value is -1.72. The fraction of sp³-hybridized carbons (Fsp3) is 0.294. The minimum Gasteiger partial charge on any atom is -0.207 e. The van der Waals surface area contributed by atoms with E-state index in [1.165, 1.54) is 18.2 Å². The van der Waals surface area contributed by atoms with Gasteiger partial charge in [-0.05, 0) is 42.0 Å². The van der Waals surface area contributed by atoms with Gasteiger partial charge in [0, 0.05) is 0 Å². The van der Waals surface area contributed by atoms with Crippen LogP contribution in [0.15, 0.2) is 59.5 Å². The molecule has 1 aliphatic carbocycles. The Labute approximate surface area is 130 Å². The van der Waals surface area contributed by atoms with E-state index in [2.05, 4.69) is 11.6 Å². The third-order valence-electron chi connectivity index (χ3n) is 4.15. The molecule has 116 valence electrons. The van der Waals surface area contributed by atoms with Gasteiger partial charge in [-0.2, -0.15) is 0 Å². The molecule has 3 nitrogen and oxygen atoms in total. The number of hydrogen-bond acceptors (Lipinski definition) is 2. The lowest BCUT2D eigenvalue weighted by molar-refractivity contribution is 0.512. The molecule has 2 aromatic rings. The molecular weight excluding hydrogens is 301 g/mol. The van der Waals surface area contributed by atoms with Gasteiger partial charge in [-0.3, -0.25) is 0 Å². The third-order valence-corrected chi connectivity index (χ3v) is 5.59. The molecule has 0 bridgehead atoms. The minimum absolute atomic E-state index is 0.0401. The summed E-state index contributed by atoms with van der Waals surface area (Å²) in [5.41, 5.74) is 0.942. The van der Waals surface area contributed by atoms with Gasteiger partial charge in [0.25, 0.3) is 0 Å². The molecule has 0 saturated heterocycles. The van der Waals surface area contributed by atoms with E-state index in [0.717, 1.165) is 18.1 Å². The highest BCUT2D eigenvalue weighted by atomic mass is 32.2. The summed E-state index contributed by atoms with van der Waals surface area (Å²) in [6.07, 6.45) is 0.991. The van der Waals surface area contributed by atoms with Gasteiger partial charge in [0.15, 0.2) is 0 Å². The number of hydrogen-bond donors (Lipinski definition) is 1. The van der Waals surface area contributed by atoms with E-state index in [4.69, 9.17) is 0 Å². The largest absolute Gasteiger partial charge is 0.241 e. The number of halogens is 1. The highest BCUT2D eigenvalue weighted by Crippen LogP contribution is 2.47. The van der Waals surface area contributed by atoms with Crippen LogP contribution < -0.4 is 4.72 Å². The molecule has 0 aromatic heterocycles. The van der Waals surface area contributed by atoms with Crippen molar-refractivity contribution in [1.29, 1.82) is 0 Å². The van der Waals surface area contributed by atoms with Gasteiger partial charge < -0.3 is 0 Å². The van der Waals surface area contributed by atoms with Crippen molar-refractivity contribution in [3.8, 4) is 0 Å². The SMILES string of the molecule is CC1CC1C(NS(=O)(=O)c1cccc(F)c1)c1ccccc1. The molecule has 22 heavy (non-hydrogen) atoms. The maximum atomic E-state index is 13.3. The van der Waals surface area contributed by atoms with Crippen LogP contribution in [0.2, 0.25) is 0 Å². The van der Waals surface area contributed by atoms with Crippen molar-refractivity contribution in [1.82, 2.24) is 4.72 Å². The maximum Gasteiger partial charge on any atom is 0.241 e. The van der Waals surface area contributed by atoms with Gasteiger partial charge in [-0.1, -0.05) is 43.3 Å². The smallest absolute Gasteiger partial charge is 0.207 e. The molecular formula is C17H18FNO2S. The fourth-order valence-corrected chi connectivity index (χ4v) is 4.05. The first-order chi connectivity index (χ1) is 10.5. The van der Waals surface area contributed by atoms with Gasteiger partial charge >= 0.3 is 0 Å². The van der Waals surface area contributed by atoms with Gasteiger partial charge in [0.05, 0.1) is 10.9 Å². The Morgan fingerprint density at radius 2 is 1.82 bits per heavy atom. The van der Waals surface area contributed by atoms with E-state index in [1.807, 2.05) is 30.3 Å². The highest BCUT2D eigenvalue weighted by Gasteiger charge is 2.42. The van der Waals surface area contributed by atoms with E-state index in [-0.39, 0.29) is 16.9 Å². The summed E-state index contributed by atoms with van der Waals surface area (Å²) in [4.78, 5) is -0.0401. The highest BCUT2D eigenvalue weighted by molar-refractivity contribution is 7.89. The summed E-state index contributed by atoms with van der Waals surface area (Å²) < 4.78 is 41.1. The van der Waals surface area contributed by atoms with E-state index in [9.17, 15) is 12.8 Å². The van der Waals surface area contributed by atoms with E-state index >= 15 is 0 Å². The maximum absolute atomic E-state index is 13.3. The quantitative estimate of drug-likeness (QED) is 0.917. The molecule has 3 rings (SSSR count). The summed E-state index contributed by atoms with van der Waals surface area (Å²) in [5.74, 6) is 0.213. The van der Waals surface area contributed by atoms with Gasteiger partial charge in [-0.25, -0.2) is 17.5 Å². The van der Waals surface area contributed by atoms with Crippen LogP contribution in [0.25, 0.3) is 0 Å². The molecule has 3 unspecified atom stereocenters. The zero-order valence-corrected chi connectivity index (χ0v) is 13.1. The molecule has 1 saturated carbocycles. The normalized spacial score (nSPS) is 22.3. The lowest BCUT2D eigenvalue weighted by atomic mass is 10.0. The molecule has 0 aliphatic heterocycles. The lowest BCUT2D eigenvalue weighted by Crippen LogP contribution is -2.30. The van der Waals surface area contributed by atoms with E-state index in [1.54, 1.807) is 0 Å². The number of benzene rings is 2. The number of sulfonamides is 1. The van der Waals surface area contributed by atoms with Crippen molar-refractivity contribution >= 4 is 10.0 Å². The first-order valence-electron chi connectivity index (χ1n) is 7.30. The Morgan fingerprint density at radius 3 is 2.41 bits per heavy atom. The molecule has 5 heteroatoms. The Bertz CT molecular complexity index is 761. The van der Waals surface area contributed by atoms with Gasteiger partial charge in [0.2, 0.25) is 10.0 Å². The van der Waals surface area contributed by atoms with Crippen molar-refractivity contribution in [3.63, 3.8) is 0 Å². The van der Waals surface area contributed by atoms with Crippen molar-refractivity contribution in [2.75, 3.05) is 0 Å². The Morgan fingerprint density at radius 1 is 1.14 bits per heavy atom. The van der Waals surface area contributed by atoms with Crippen molar-refractivity contribution in [2.45, 2.75) is 24.3 Å². The average molecular weight is 319 g/mol. The van der Waals surface area contributed by atoms with Crippen molar-refractivity contribution in [2.24, 2.45) is 11.8 Å². The van der Waals surface area contributed by atoms with Crippen LogP contribution in [0.5, 0.6) is 0 Å². The second-order valence-electron chi connectivity index (χ2n) is 5.84. The summed E-state index contributed by atoms with van der Waals surface area (Å²) >= 11 is 0. The zero-order valence-electron chi connectivity index (χ0n) is 12.2. The predicted molar refractivity (Wildman–Crippen MR) is 83.2 cm³/mol. The zero-order chi connectivity index (χ0) is 15.7. The molecule has 0 spiro atoms. The summed E-state index contributed by atoms with van der Waals surface area (Å²) in [6, 6.07) is 14.3. The van der Waals surface area contributed by atoms with Crippen molar-refractivity contribution in [3.05, 3.63) is 66.0 Å². The van der Waals surface area contributed by atoms with Crippen LogP contribution in [0.4, 0.5) is 4.39 Å². The summed E-state index contributed by atoms with van der Waals surface area (Å²) in [7, 11) is -3.75. The monoisotopic (exact) mass is 319 g/mol. The predicted octanol–water partition coefficient (Wildman–Crippen LogP) is 3.50. The van der Waals surface area contributed by atoms with Gasteiger partial charge in [-0.15, -0.1) is 0 Å². The van der Waals surface area contributed by atoms with Gasteiger partial charge in [0.1, 0.15) is 5.82 Å². The van der Waals surface area contributed by atoms with E-state index in [0.29, 0.717) is 5.92 Å². The number of nitrogens with one attached hydrogen (secondary N) is 1. The minimum atomic E-state index is -3.75. The van der Waals surface area contributed by atoms with Crippen LogP contribution in [0.3, 0.4) is 0 Å². The number of rotatable bonds is 5. The Kier molecular flexibility index (Phi) is 4.02. The first kappa shape index (κ1) is 15.2. The molecule has 0 amide bonds. The standard InChI is InChI=1S/C17H18FNO2S/c1-12-10-16(12)17(13-6-3-2-4-7-13)19-22(20,21)15-9-5-8-14(18)11-15/h2-9,11-12,16-17,19H,10H2,1H3. The summed E-state index contributed by atoms with van der Waals surface area (Å²) in [6.45, 7) is 2.11. The van der Waals surface area contributed by atoms with Crippen LogP contribution in [0.1, 0.15) is 24.9 Å². The van der Waals surface area contributed by atoms with E-state index < -0.39 is 15.8 Å². The molecule has 1 N–H and O–H groups in total. The average Bonchev–Trinajstić information content (AvgIpc) is 3.22. The molecule has 0 radical (unpaired) electrons. The lowest BCUT2D eigenvalue weighted by Gasteiger charge is -2.19. The van der Waals surface area contributed by atoms with Crippen LogP contribution in [0, 0.1) is 17.7 Å². The summed E-state index contributed by atoms with van der Waals surface area (Å²) in [5, 5.41) is 0. The van der Waals surface area contributed by atoms with Crippen LogP contribution >= 0.6 is 0 Å². The van der Waals surface area contributed by atoms with Crippen LogP contribution in [-0.4, -0.2) is 8.42 Å². The molecule has 3 atom stereocenters. The fourth-order valence-electron chi connectivity index (χ4n) is 2.75. The topological polar surface area (TPSA) is 46.2 Å². The third kappa shape index (κ3) is 3.20. The molecule has 2 aromatic carbocycles. The molecule has 1 fully saturated rings. The second-order valence-corrected chi connectivity index (χ2v) is 7.56. The first-order valence-corrected chi connectivity index (χ1v) is 8.78. The second kappa shape index (κ2) is 5.82. The Balaban J connectivity index is 1.90. The van der Waals surface area contributed by atoms with Crippen LogP contribution in [-0.2, 0) is 10.0 Å². The molecule has 0 heterocycles. The molecule has 1 aliphatic rings. The van der Waals surface area contributed by atoms with Crippen molar-refractivity contribution < 1.29 is 12.8 Å².